The summed E-state index contributed by atoms with van der Waals surface area (Å²) in [5.74, 6) is -0.236. The zero-order valence-corrected chi connectivity index (χ0v) is 19.0. The maximum atomic E-state index is 13.2. The third kappa shape index (κ3) is 3.86. The Labute approximate surface area is 189 Å². The summed E-state index contributed by atoms with van der Waals surface area (Å²) in [5, 5.41) is 11.9. The van der Waals surface area contributed by atoms with Gasteiger partial charge >= 0.3 is 0 Å². The lowest BCUT2D eigenvalue weighted by Crippen LogP contribution is -2.53. The molecule has 4 rings (SSSR count). The first-order valence-electron chi connectivity index (χ1n) is 11.4. The molecule has 3 amide bonds. The van der Waals surface area contributed by atoms with Gasteiger partial charge in [-0.3, -0.25) is 19.3 Å². The third-order valence-electron chi connectivity index (χ3n) is 7.23. The van der Waals surface area contributed by atoms with E-state index in [1.165, 1.54) is 0 Å². The number of carbonyl (C=O) groups excluding carboxylic acids is 3. The molecular weight excluding hydrogens is 406 g/mol. The van der Waals surface area contributed by atoms with Crippen molar-refractivity contribution in [1.29, 1.82) is 5.26 Å². The van der Waals surface area contributed by atoms with Gasteiger partial charge in [0.15, 0.2) is 0 Å². The van der Waals surface area contributed by atoms with Crippen LogP contribution < -0.4 is 5.32 Å². The van der Waals surface area contributed by atoms with Gasteiger partial charge in [0, 0.05) is 44.2 Å². The Hall–Kier alpha value is -2.92. The molecule has 0 spiro atoms. The van der Waals surface area contributed by atoms with E-state index in [2.05, 4.69) is 16.3 Å². The summed E-state index contributed by atoms with van der Waals surface area (Å²) >= 11 is 0. The van der Waals surface area contributed by atoms with E-state index in [-0.39, 0.29) is 47.8 Å². The van der Waals surface area contributed by atoms with Crippen LogP contribution >= 0.6 is 0 Å². The fraction of sp³-hybridized carbons (Fsp3) is 0.583. The van der Waals surface area contributed by atoms with Gasteiger partial charge in [-0.15, -0.1) is 0 Å². The minimum absolute atomic E-state index is 0.0192. The van der Waals surface area contributed by atoms with E-state index in [0.29, 0.717) is 18.7 Å². The molecule has 0 aliphatic carbocycles. The maximum absolute atomic E-state index is 13.2. The number of fused-ring (bicyclic) bond motifs is 2. The summed E-state index contributed by atoms with van der Waals surface area (Å²) in [6.07, 6.45) is 2.41. The second-order valence-electron chi connectivity index (χ2n) is 9.20. The number of nitrogens with zero attached hydrogens (tertiary/aromatic N) is 4. The standard InChI is InChI=1S/C24H31N5O3/c1-15(23(31)28-10-4-5-19(28)12-25)13-27-14-20-11-21(27)24(32)29(20)16(2)17-6-8-18(9-7-17)22(30)26-3/h6-9,15-16,19-21H,4-5,10-11,13-14H2,1-3H3,(H,26,30)/t15-,16+,19-,20-,21-/m0/s1. The van der Waals surface area contributed by atoms with Gasteiger partial charge in [0.1, 0.15) is 6.04 Å². The minimum atomic E-state index is -0.312. The van der Waals surface area contributed by atoms with Crippen molar-refractivity contribution in [1.82, 2.24) is 20.0 Å². The van der Waals surface area contributed by atoms with E-state index >= 15 is 0 Å². The smallest absolute Gasteiger partial charge is 0.251 e. The van der Waals surface area contributed by atoms with Crippen molar-refractivity contribution in [2.45, 2.75) is 57.3 Å². The van der Waals surface area contributed by atoms with Crippen molar-refractivity contribution >= 4 is 17.7 Å². The van der Waals surface area contributed by atoms with Crippen LogP contribution in [-0.2, 0) is 9.59 Å². The Morgan fingerprint density at radius 2 is 1.97 bits per heavy atom. The van der Waals surface area contributed by atoms with Crippen molar-refractivity contribution in [2.24, 2.45) is 5.92 Å². The topological polar surface area (TPSA) is 96.8 Å². The number of amides is 3. The van der Waals surface area contributed by atoms with Crippen molar-refractivity contribution < 1.29 is 14.4 Å². The molecule has 3 heterocycles. The Morgan fingerprint density at radius 3 is 2.59 bits per heavy atom. The molecule has 3 saturated heterocycles. The van der Waals surface area contributed by atoms with Crippen LogP contribution in [0.15, 0.2) is 24.3 Å². The van der Waals surface area contributed by atoms with Crippen molar-refractivity contribution in [2.75, 3.05) is 26.7 Å². The van der Waals surface area contributed by atoms with Crippen LogP contribution in [0, 0.1) is 17.2 Å². The number of piperazine rings is 1. The summed E-state index contributed by atoms with van der Waals surface area (Å²) in [6.45, 7) is 5.88. The van der Waals surface area contributed by atoms with E-state index in [1.54, 1.807) is 24.1 Å². The van der Waals surface area contributed by atoms with E-state index < -0.39 is 0 Å². The fourth-order valence-corrected chi connectivity index (χ4v) is 5.49. The molecule has 0 saturated carbocycles. The molecule has 8 nitrogen and oxygen atoms in total. The predicted molar refractivity (Wildman–Crippen MR) is 118 cm³/mol. The van der Waals surface area contributed by atoms with Crippen molar-refractivity contribution in [3.63, 3.8) is 0 Å². The molecular formula is C24H31N5O3. The van der Waals surface area contributed by atoms with E-state index in [0.717, 1.165) is 31.4 Å². The average molecular weight is 438 g/mol. The van der Waals surface area contributed by atoms with Gasteiger partial charge in [-0.1, -0.05) is 19.1 Å². The second kappa shape index (κ2) is 8.91. The number of nitrogens with one attached hydrogen (secondary N) is 1. The molecule has 3 fully saturated rings. The monoisotopic (exact) mass is 437 g/mol. The number of hydrogen-bond acceptors (Lipinski definition) is 5. The van der Waals surface area contributed by atoms with Crippen LogP contribution in [0.25, 0.3) is 0 Å². The number of carbonyl (C=O) groups is 3. The lowest BCUT2D eigenvalue weighted by Gasteiger charge is -2.38. The highest BCUT2D eigenvalue weighted by Gasteiger charge is 2.51. The van der Waals surface area contributed by atoms with Gasteiger partial charge in [0.2, 0.25) is 11.8 Å². The quantitative estimate of drug-likeness (QED) is 0.728. The Balaban J connectivity index is 1.38. The first-order valence-corrected chi connectivity index (χ1v) is 11.4. The van der Waals surface area contributed by atoms with E-state index in [1.807, 2.05) is 30.9 Å². The molecule has 32 heavy (non-hydrogen) atoms. The molecule has 1 N–H and O–H groups in total. The summed E-state index contributed by atoms with van der Waals surface area (Å²) in [4.78, 5) is 43.7. The van der Waals surface area contributed by atoms with Crippen LogP contribution in [0.3, 0.4) is 0 Å². The summed E-state index contributed by atoms with van der Waals surface area (Å²) in [7, 11) is 1.60. The SMILES string of the molecule is CNC(=O)c1ccc([C@@H](C)N2C(=O)[C@@H]3C[C@H]2CN3C[C@H](C)C(=O)N2CCC[C@H]2C#N)cc1. The molecule has 0 aromatic heterocycles. The molecule has 2 bridgehead atoms. The molecule has 3 aliphatic rings. The zero-order valence-electron chi connectivity index (χ0n) is 19.0. The highest BCUT2D eigenvalue weighted by Crippen LogP contribution is 2.38. The molecule has 8 heteroatoms. The third-order valence-corrected chi connectivity index (χ3v) is 7.23. The zero-order chi connectivity index (χ0) is 23.0. The van der Waals surface area contributed by atoms with E-state index in [9.17, 15) is 19.6 Å². The molecule has 1 aromatic rings. The van der Waals surface area contributed by atoms with Gasteiger partial charge in [-0.2, -0.15) is 5.26 Å². The number of rotatable bonds is 6. The van der Waals surface area contributed by atoms with Gasteiger partial charge in [0.25, 0.3) is 5.91 Å². The van der Waals surface area contributed by atoms with Crippen molar-refractivity contribution in [3.05, 3.63) is 35.4 Å². The molecule has 5 atom stereocenters. The maximum Gasteiger partial charge on any atom is 0.251 e. The Bertz CT molecular complexity index is 940. The highest BCUT2D eigenvalue weighted by molar-refractivity contribution is 5.94. The second-order valence-corrected chi connectivity index (χ2v) is 9.20. The Morgan fingerprint density at radius 1 is 1.25 bits per heavy atom. The Kier molecular flexibility index (Phi) is 6.20. The van der Waals surface area contributed by atoms with Crippen LogP contribution in [-0.4, -0.2) is 77.2 Å². The predicted octanol–water partition coefficient (Wildman–Crippen LogP) is 1.54. The van der Waals surface area contributed by atoms with Gasteiger partial charge in [-0.25, -0.2) is 0 Å². The number of benzene rings is 1. The van der Waals surface area contributed by atoms with E-state index in [4.69, 9.17) is 0 Å². The van der Waals surface area contributed by atoms with Gasteiger partial charge in [0.05, 0.1) is 18.2 Å². The summed E-state index contributed by atoms with van der Waals surface area (Å²) < 4.78 is 0. The van der Waals surface area contributed by atoms with Crippen LogP contribution in [0.2, 0.25) is 0 Å². The lowest BCUT2D eigenvalue weighted by molar-refractivity contribution is -0.142. The lowest BCUT2D eigenvalue weighted by atomic mass is 10.0. The first kappa shape index (κ1) is 22.3. The highest BCUT2D eigenvalue weighted by atomic mass is 16.2. The van der Waals surface area contributed by atoms with Crippen molar-refractivity contribution in [3.8, 4) is 6.07 Å². The molecule has 0 radical (unpaired) electrons. The number of likely N-dealkylation sites (tertiary alicyclic amines) is 3. The molecule has 170 valence electrons. The van der Waals surface area contributed by atoms with Crippen LogP contribution in [0.1, 0.15) is 55.1 Å². The van der Waals surface area contributed by atoms with Gasteiger partial charge < -0.3 is 15.1 Å². The molecule has 0 unspecified atom stereocenters. The summed E-state index contributed by atoms with van der Waals surface area (Å²) in [5.41, 5.74) is 1.60. The average Bonchev–Trinajstić information content (AvgIpc) is 3.52. The molecule has 1 aromatic carbocycles. The largest absolute Gasteiger partial charge is 0.355 e. The normalized spacial score (nSPS) is 26.8. The van der Waals surface area contributed by atoms with Gasteiger partial charge in [-0.05, 0) is 43.9 Å². The fourth-order valence-electron chi connectivity index (χ4n) is 5.49. The van der Waals surface area contributed by atoms with Crippen LogP contribution in [0.4, 0.5) is 0 Å². The number of nitriles is 1. The first-order chi connectivity index (χ1) is 15.3. The van der Waals surface area contributed by atoms with Crippen LogP contribution in [0.5, 0.6) is 0 Å². The summed E-state index contributed by atoms with van der Waals surface area (Å²) in [6, 6.07) is 9.19. The molecule has 3 aliphatic heterocycles. The number of hydrogen-bond donors (Lipinski definition) is 1. The minimum Gasteiger partial charge on any atom is -0.355 e.